The summed E-state index contributed by atoms with van der Waals surface area (Å²) in [5.74, 6) is -0.820. The molecule has 1 heterocycles. The molecular weight excluding hydrogens is 366 g/mol. The van der Waals surface area contributed by atoms with Crippen molar-refractivity contribution in [2.75, 3.05) is 13.7 Å². The monoisotopic (exact) mass is 397 g/mol. The van der Waals surface area contributed by atoms with Gasteiger partial charge in [-0.2, -0.15) is 0 Å². The van der Waals surface area contributed by atoms with Gasteiger partial charge >= 0.3 is 12.1 Å². The molecule has 0 saturated carbocycles. The topological polar surface area (TPSA) is 134 Å². The Hall–Kier alpha value is -2.48. The SMILES string of the molecule is COC(=O)C[C@@H]1C[C@H](N=[N+]=[N-])CN1C(=O)[C@@H](NC(=O)OC(C)(C)C)C(C)(C)C. The van der Waals surface area contributed by atoms with Gasteiger partial charge in [0.2, 0.25) is 5.91 Å². The lowest BCUT2D eigenvalue weighted by Crippen LogP contribution is -2.56. The molecule has 0 aromatic heterocycles. The fourth-order valence-electron chi connectivity index (χ4n) is 3.03. The maximum Gasteiger partial charge on any atom is 0.408 e. The third-order valence-electron chi connectivity index (χ3n) is 4.29. The minimum absolute atomic E-state index is 0.0109. The number of carbonyl (C=O) groups excluding carboxylic acids is 3. The summed E-state index contributed by atoms with van der Waals surface area (Å²) in [6.07, 6.45) is -0.354. The second-order valence-electron chi connectivity index (χ2n) is 8.96. The number of esters is 1. The number of alkyl carbamates (subject to hydrolysis) is 1. The number of hydrogen-bond donors (Lipinski definition) is 1. The van der Waals surface area contributed by atoms with Crippen LogP contribution in [0.4, 0.5) is 4.79 Å². The zero-order valence-corrected chi connectivity index (χ0v) is 17.7. The van der Waals surface area contributed by atoms with Crippen LogP contribution in [0.2, 0.25) is 0 Å². The molecule has 0 radical (unpaired) electrons. The van der Waals surface area contributed by atoms with E-state index in [-0.39, 0.29) is 18.9 Å². The molecular formula is C18H31N5O5. The summed E-state index contributed by atoms with van der Waals surface area (Å²) in [5.41, 5.74) is 7.41. The van der Waals surface area contributed by atoms with Crippen molar-refractivity contribution in [2.45, 2.75) is 78.1 Å². The minimum atomic E-state index is -0.882. The lowest BCUT2D eigenvalue weighted by molar-refractivity contribution is -0.144. The molecule has 0 unspecified atom stereocenters. The van der Waals surface area contributed by atoms with E-state index in [1.807, 2.05) is 20.8 Å². The molecule has 10 nitrogen and oxygen atoms in total. The molecule has 1 aliphatic heterocycles. The molecule has 0 aromatic carbocycles. The van der Waals surface area contributed by atoms with Gasteiger partial charge in [-0.15, -0.1) is 0 Å². The number of hydrogen-bond acceptors (Lipinski definition) is 6. The maximum atomic E-state index is 13.3. The molecule has 158 valence electrons. The van der Waals surface area contributed by atoms with Gasteiger partial charge in [-0.05, 0) is 38.1 Å². The quantitative estimate of drug-likeness (QED) is 0.329. The summed E-state index contributed by atoms with van der Waals surface area (Å²) in [4.78, 5) is 41.6. The largest absolute Gasteiger partial charge is 0.469 e. The number of carbonyl (C=O) groups is 3. The molecule has 0 aliphatic carbocycles. The molecule has 1 fully saturated rings. The number of azide groups is 1. The first-order chi connectivity index (χ1) is 12.8. The van der Waals surface area contributed by atoms with E-state index in [1.165, 1.54) is 12.0 Å². The van der Waals surface area contributed by atoms with Crippen LogP contribution >= 0.6 is 0 Å². The van der Waals surface area contributed by atoms with Gasteiger partial charge in [-0.1, -0.05) is 25.9 Å². The first-order valence-corrected chi connectivity index (χ1v) is 9.19. The summed E-state index contributed by atoms with van der Waals surface area (Å²) < 4.78 is 10.00. The Kier molecular flexibility index (Phi) is 7.69. The van der Waals surface area contributed by atoms with E-state index in [4.69, 9.17) is 15.0 Å². The second kappa shape index (κ2) is 9.14. The summed E-state index contributed by atoms with van der Waals surface area (Å²) in [5, 5.41) is 6.35. The van der Waals surface area contributed by atoms with Crippen molar-refractivity contribution in [3.63, 3.8) is 0 Å². The Balaban J connectivity index is 3.08. The maximum absolute atomic E-state index is 13.3. The summed E-state index contributed by atoms with van der Waals surface area (Å²) in [6, 6.07) is -1.79. The molecule has 0 aromatic rings. The summed E-state index contributed by atoms with van der Waals surface area (Å²) in [7, 11) is 1.27. The van der Waals surface area contributed by atoms with E-state index in [9.17, 15) is 14.4 Å². The van der Waals surface area contributed by atoms with Crippen LogP contribution in [0.1, 0.15) is 54.4 Å². The highest BCUT2D eigenvalue weighted by atomic mass is 16.6. The average molecular weight is 397 g/mol. The number of nitrogens with zero attached hydrogens (tertiary/aromatic N) is 4. The highest BCUT2D eigenvalue weighted by Crippen LogP contribution is 2.29. The molecule has 10 heteroatoms. The standard InChI is InChI=1S/C18H31N5O5/c1-17(2,3)14(20-16(26)28-18(4,5)6)15(25)23-10-11(21-22-19)8-12(23)9-13(24)27-7/h11-12,14H,8-10H2,1-7H3,(H,20,26)/t11-,12-,14+/m0/s1. The molecule has 28 heavy (non-hydrogen) atoms. The Bertz CT molecular complexity index is 646. The van der Waals surface area contributed by atoms with Crippen molar-refractivity contribution >= 4 is 18.0 Å². The first-order valence-electron chi connectivity index (χ1n) is 9.19. The van der Waals surface area contributed by atoms with Crippen LogP contribution < -0.4 is 5.32 Å². The Labute approximate surface area is 165 Å². The first kappa shape index (κ1) is 23.6. The molecule has 1 aliphatic rings. The molecule has 2 amide bonds. The van der Waals surface area contributed by atoms with E-state index in [0.29, 0.717) is 6.42 Å². The lowest BCUT2D eigenvalue weighted by atomic mass is 9.85. The van der Waals surface area contributed by atoms with Gasteiger partial charge in [0.25, 0.3) is 0 Å². The molecule has 1 saturated heterocycles. The third-order valence-corrected chi connectivity index (χ3v) is 4.29. The highest BCUT2D eigenvalue weighted by Gasteiger charge is 2.43. The molecule has 0 spiro atoms. The van der Waals surface area contributed by atoms with Gasteiger partial charge in [-0.25, -0.2) is 4.79 Å². The Morgan fingerprint density at radius 3 is 2.32 bits per heavy atom. The summed E-state index contributed by atoms with van der Waals surface area (Å²) in [6.45, 7) is 10.8. The van der Waals surface area contributed by atoms with Gasteiger partial charge < -0.3 is 19.7 Å². The van der Waals surface area contributed by atoms with E-state index in [0.717, 1.165) is 0 Å². The molecule has 1 N–H and O–H groups in total. The van der Waals surface area contributed by atoms with Crippen molar-refractivity contribution in [1.82, 2.24) is 10.2 Å². The predicted molar refractivity (Wildman–Crippen MR) is 102 cm³/mol. The van der Waals surface area contributed by atoms with Crippen LogP contribution in [0.5, 0.6) is 0 Å². The molecule has 3 atom stereocenters. The van der Waals surface area contributed by atoms with E-state index >= 15 is 0 Å². The normalized spacial score (nSPS) is 20.8. The number of rotatable bonds is 5. The zero-order valence-electron chi connectivity index (χ0n) is 17.7. The van der Waals surface area contributed by atoms with Crippen molar-refractivity contribution in [3.8, 4) is 0 Å². The van der Waals surface area contributed by atoms with Gasteiger partial charge in [-0.3, -0.25) is 9.59 Å². The number of nitrogens with one attached hydrogen (secondary N) is 1. The van der Waals surface area contributed by atoms with Gasteiger partial charge in [0.1, 0.15) is 11.6 Å². The fourth-order valence-corrected chi connectivity index (χ4v) is 3.03. The van der Waals surface area contributed by atoms with Gasteiger partial charge in [0, 0.05) is 17.5 Å². The Morgan fingerprint density at radius 2 is 1.86 bits per heavy atom. The predicted octanol–water partition coefficient (Wildman–Crippen LogP) is 2.77. The lowest BCUT2D eigenvalue weighted by Gasteiger charge is -2.36. The van der Waals surface area contributed by atoms with Crippen LogP contribution in [0, 0.1) is 5.41 Å². The summed E-state index contributed by atoms with van der Waals surface area (Å²) >= 11 is 0. The van der Waals surface area contributed by atoms with Crippen LogP contribution in [0.3, 0.4) is 0 Å². The number of amides is 2. The van der Waals surface area contributed by atoms with Crippen molar-refractivity contribution < 1.29 is 23.9 Å². The van der Waals surface area contributed by atoms with Gasteiger partial charge in [0.05, 0.1) is 19.6 Å². The number of ether oxygens (including phenoxy) is 2. The molecule has 0 bridgehead atoms. The van der Waals surface area contributed by atoms with E-state index in [1.54, 1.807) is 20.8 Å². The third kappa shape index (κ3) is 6.92. The minimum Gasteiger partial charge on any atom is -0.469 e. The van der Waals surface area contributed by atoms with E-state index < -0.39 is 41.2 Å². The van der Waals surface area contributed by atoms with Crippen molar-refractivity contribution in [3.05, 3.63) is 10.4 Å². The van der Waals surface area contributed by atoms with Crippen LogP contribution in [-0.2, 0) is 19.1 Å². The van der Waals surface area contributed by atoms with Crippen molar-refractivity contribution in [2.24, 2.45) is 10.5 Å². The van der Waals surface area contributed by atoms with Gasteiger partial charge in [0.15, 0.2) is 0 Å². The average Bonchev–Trinajstić information content (AvgIpc) is 2.92. The number of likely N-dealkylation sites (tertiary alicyclic amines) is 1. The van der Waals surface area contributed by atoms with E-state index in [2.05, 4.69) is 15.3 Å². The van der Waals surface area contributed by atoms with Crippen molar-refractivity contribution in [1.29, 1.82) is 0 Å². The zero-order chi connectivity index (χ0) is 21.7. The second-order valence-corrected chi connectivity index (χ2v) is 8.96. The van der Waals surface area contributed by atoms with Crippen LogP contribution in [-0.4, -0.2) is 60.3 Å². The van der Waals surface area contributed by atoms with Crippen LogP contribution in [0.25, 0.3) is 10.4 Å². The fraction of sp³-hybridized carbons (Fsp3) is 0.833. The van der Waals surface area contributed by atoms with Crippen LogP contribution in [0.15, 0.2) is 5.11 Å². The highest BCUT2D eigenvalue weighted by molar-refractivity contribution is 5.87. The molecule has 1 rings (SSSR count). The smallest absolute Gasteiger partial charge is 0.408 e. The Morgan fingerprint density at radius 1 is 1.25 bits per heavy atom. The number of methoxy groups -OCH3 is 1.